The van der Waals surface area contributed by atoms with Gasteiger partial charge in [0.2, 0.25) is 0 Å². The number of hydrogen-bond donors (Lipinski definition) is 5. The van der Waals surface area contributed by atoms with Gasteiger partial charge in [0.05, 0.1) is 30.5 Å². The maximum absolute atomic E-state index is 14.3. The van der Waals surface area contributed by atoms with E-state index in [-0.39, 0.29) is 54.0 Å². The molecule has 10 heteroatoms. The number of hydrogen-bond acceptors (Lipinski definition) is 10. The minimum atomic E-state index is -2.15. The van der Waals surface area contributed by atoms with Crippen LogP contribution in [0.3, 0.4) is 0 Å². The summed E-state index contributed by atoms with van der Waals surface area (Å²) in [6, 6.07) is 0. The van der Waals surface area contributed by atoms with Crippen LogP contribution >= 0.6 is 0 Å². The summed E-state index contributed by atoms with van der Waals surface area (Å²) in [5.41, 5.74) is -2.15. The Balaban J connectivity index is 1.16. The molecule has 0 spiro atoms. The zero-order valence-electron chi connectivity index (χ0n) is 26.3. The molecule has 0 radical (unpaired) electrons. The summed E-state index contributed by atoms with van der Waals surface area (Å²) >= 11 is 0. The number of aliphatic hydroxyl groups is 5. The second kappa shape index (κ2) is 12.4. The van der Waals surface area contributed by atoms with Crippen molar-refractivity contribution in [3.63, 3.8) is 0 Å². The molecule has 6 fully saturated rings. The molecule has 10 nitrogen and oxygen atoms in total. The number of aliphatic hydroxyl groups excluding tert-OH is 4. The summed E-state index contributed by atoms with van der Waals surface area (Å²) in [5, 5.41) is 57.2. The normalized spacial score (nSPS) is 49.6. The maximum Gasteiger partial charge on any atom is 0.147 e. The first kappa shape index (κ1) is 32.7. The second-order valence-electron chi connectivity index (χ2n) is 15.7. The van der Waals surface area contributed by atoms with E-state index in [1.54, 1.807) is 0 Å². The van der Waals surface area contributed by atoms with Crippen LogP contribution in [0, 0.1) is 59.2 Å². The van der Waals surface area contributed by atoms with Crippen molar-refractivity contribution in [1.29, 1.82) is 0 Å². The van der Waals surface area contributed by atoms with Gasteiger partial charge in [-0.1, -0.05) is 13.8 Å². The van der Waals surface area contributed by atoms with E-state index >= 15 is 0 Å². The van der Waals surface area contributed by atoms with Crippen LogP contribution in [0.4, 0.5) is 0 Å². The monoisotopic (exact) mass is 620 g/mol. The smallest absolute Gasteiger partial charge is 0.147 e. The van der Waals surface area contributed by atoms with Crippen LogP contribution in [0.1, 0.15) is 85.0 Å². The number of rotatable bonds is 7. The highest BCUT2D eigenvalue weighted by Gasteiger charge is 2.67. The number of ether oxygens (including phenoxy) is 2. The Kier molecular flexibility index (Phi) is 9.20. The highest BCUT2D eigenvalue weighted by Crippen LogP contribution is 2.58. The van der Waals surface area contributed by atoms with E-state index in [1.165, 1.54) is 6.92 Å². The molecule has 0 aromatic heterocycles. The molecule has 0 bridgehead atoms. The van der Waals surface area contributed by atoms with Gasteiger partial charge in [0.15, 0.2) is 0 Å². The molecule has 1 saturated heterocycles. The number of ketones is 3. The van der Waals surface area contributed by atoms with E-state index in [0.29, 0.717) is 44.8 Å². The van der Waals surface area contributed by atoms with Crippen molar-refractivity contribution in [3.8, 4) is 0 Å². The zero-order chi connectivity index (χ0) is 31.7. The highest BCUT2D eigenvalue weighted by molar-refractivity contribution is 6.03. The van der Waals surface area contributed by atoms with Gasteiger partial charge < -0.3 is 35.0 Å². The molecule has 5 aliphatic carbocycles. The number of carbonyl (C=O) groups excluding carboxylic acids is 3. The van der Waals surface area contributed by atoms with Crippen LogP contribution in [0.2, 0.25) is 0 Å². The predicted octanol–water partition coefficient (Wildman–Crippen LogP) is 1.80. The summed E-state index contributed by atoms with van der Waals surface area (Å²) in [4.78, 5) is 39.3. The quantitative estimate of drug-likeness (QED) is 0.265. The first-order valence-corrected chi connectivity index (χ1v) is 17.1. The van der Waals surface area contributed by atoms with Crippen LogP contribution < -0.4 is 0 Å². The van der Waals surface area contributed by atoms with Gasteiger partial charge in [0, 0.05) is 18.3 Å². The fourth-order valence-electron chi connectivity index (χ4n) is 10.7. The molecule has 0 aromatic rings. The fraction of sp³-hybridized carbons (Fsp3) is 0.912. The van der Waals surface area contributed by atoms with Gasteiger partial charge in [-0.05, 0) is 106 Å². The Hall–Kier alpha value is -1.27. The first-order chi connectivity index (χ1) is 20.8. The number of fused-ring (bicyclic) bond motifs is 4. The molecule has 13 unspecified atom stereocenters. The summed E-state index contributed by atoms with van der Waals surface area (Å²) in [7, 11) is 0. The van der Waals surface area contributed by atoms with E-state index in [2.05, 4.69) is 13.8 Å². The van der Waals surface area contributed by atoms with Crippen LogP contribution in [-0.2, 0) is 23.9 Å². The molecule has 0 aromatic carbocycles. The average Bonchev–Trinajstić information content (AvgIpc) is 3.42. The van der Waals surface area contributed by atoms with Crippen LogP contribution in [0.25, 0.3) is 0 Å². The minimum Gasteiger partial charge on any atom is -0.393 e. The minimum absolute atomic E-state index is 0.0867. The van der Waals surface area contributed by atoms with Gasteiger partial charge >= 0.3 is 0 Å². The topological polar surface area (TPSA) is 171 Å². The molecule has 6 aliphatic rings. The Bertz CT molecular complexity index is 1110. The molecule has 5 N–H and O–H groups in total. The lowest BCUT2D eigenvalue weighted by Crippen LogP contribution is -2.72. The Morgan fingerprint density at radius 3 is 2.41 bits per heavy atom. The lowest BCUT2D eigenvalue weighted by Gasteiger charge is -2.59. The third kappa shape index (κ3) is 5.44. The average molecular weight is 621 g/mol. The molecule has 6 rings (SSSR count). The third-order valence-electron chi connectivity index (χ3n) is 13.0. The van der Waals surface area contributed by atoms with E-state index in [0.717, 1.165) is 25.7 Å². The molecule has 248 valence electrons. The standard InChI is InChI=1S/C34H52O10/c1-15(2)22-11-18(5-6-21(36)8-17-4-7-25-26(9-17)44-14-43-25)30(38)29-23(22)12-19-10-20-13-24(37)27(16(3)35)32(40)34(20,42)33(41)28(19)31(29)39/h15,17-23,25-30,32-33,36,38,40-42H,4-14H2,1-3H3/t17?,18?,19-,20+,21?,22?,23?,25?,26?,27?,28?,29?,30?,32?,33?,34-/m1/s1. The number of Topliss-reactive ketones (excluding diaryl/α,β-unsaturated/α-hetero) is 3. The molecule has 0 amide bonds. The van der Waals surface area contributed by atoms with E-state index in [4.69, 9.17) is 9.47 Å². The predicted molar refractivity (Wildman–Crippen MR) is 157 cm³/mol. The van der Waals surface area contributed by atoms with Gasteiger partial charge in [0.25, 0.3) is 0 Å². The SMILES string of the molecule is CC(=O)C1C(=O)C[C@@H]2C[C@@H]3CC4C(C(C)C)CC(CCC(O)CC5CCC6OCOC6C5)C(O)C4C(=O)C3C(O)[C@]2(O)C1O. The highest BCUT2D eigenvalue weighted by atomic mass is 16.7. The van der Waals surface area contributed by atoms with Crippen LogP contribution in [0.5, 0.6) is 0 Å². The Morgan fingerprint density at radius 2 is 1.70 bits per heavy atom. The lowest BCUT2D eigenvalue weighted by molar-refractivity contribution is -0.248. The maximum atomic E-state index is 14.3. The van der Waals surface area contributed by atoms with E-state index in [1.807, 2.05) is 0 Å². The van der Waals surface area contributed by atoms with Crippen molar-refractivity contribution in [1.82, 2.24) is 0 Å². The van der Waals surface area contributed by atoms with E-state index < -0.39 is 65.3 Å². The molecule has 1 aliphatic heterocycles. The molecular weight excluding hydrogens is 568 g/mol. The molecular formula is C34H52O10. The summed E-state index contributed by atoms with van der Waals surface area (Å²) in [6.07, 6.45) is 1.55. The van der Waals surface area contributed by atoms with Crippen molar-refractivity contribution in [2.45, 2.75) is 127 Å². The van der Waals surface area contributed by atoms with Crippen molar-refractivity contribution in [2.24, 2.45) is 59.2 Å². The number of carbonyl (C=O) groups is 3. The summed E-state index contributed by atoms with van der Waals surface area (Å²) in [5.74, 6) is -4.92. The van der Waals surface area contributed by atoms with Gasteiger partial charge in [-0.2, -0.15) is 0 Å². The van der Waals surface area contributed by atoms with Crippen molar-refractivity contribution >= 4 is 17.3 Å². The van der Waals surface area contributed by atoms with Gasteiger partial charge in [-0.25, -0.2) is 0 Å². The third-order valence-corrected chi connectivity index (χ3v) is 13.0. The van der Waals surface area contributed by atoms with Gasteiger partial charge in [-0.15, -0.1) is 0 Å². The summed E-state index contributed by atoms with van der Waals surface area (Å²) < 4.78 is 11.3. The zero-order valence-corrected chi connectivity index (χ0v) is 26.3. The summed E-state index contributed by atoms with van der Waals surface area (Å²) in [6.45, 7) is 5.81. The second-order valence-corrected chi connectivity index (χ2v) is 15.7. The van der Waals surface area contributed by atoms with Crippen LogP contribution in [0.15, 0.2) is 0 Å². The largest absolute Gasteiger partial charge is 0.393 e. The van der Waals surface area contributed by atoms with Crippen LogP contribution in [-0.4, -0.2) is 91.9 Å². The van der Waals surface area contributed by atoms with Crippen molar-refractivity contribution in [2.75, 3.05) is 6.79 Å². The first-order valence-electron chi connectivity index (χ1n) is 17.1. The van der Waals surface area contributed by atoms with Gasteiger partial charge in [-0.3, -0.25) is 14.4 Å². The van der Waals surface area contributed by atoms with Gasteiger partial charge in [0.1, 0.15) is 41.8 Å². The molecule has 44 heavy (non-hydrogen) atoms. The Morgan fingerprint density at radius 1 is 0.977 bits per heavy atom. The Labute approximate surface area is 259 Å². The van der Waals surface area contributed by atoms with Crippen molar-refractivity contribution < 1.29 is 49.4 Å². The fourth-order valence-corrected chi connectivity index (χ4v) is 10.7. The lowest BCUT2D eigenvalue weighted by atomic mass is 9.47. The molecule has 1 heterocycles. The molecule has 16 atom stereocenters. The van der Waals surface area contributed by atoms with E-state index in [9.17, 15) is 39.9 Å². The van der Waals surface area contributed by atoms with Crippen molar-refractivity contribution in [3.05, 3.63) is 0 Å². The molecule has 5 saturated carbocycles.